The van der Waals surface area contributed by atoms with E-state index in [9.17, 15) is 9.59 Å². The largest absolute Gasteiger partial charge is 0.462 e. The highest BCUT2D eigenvalue weighted by Gasteiger charge is 2.17. The zero-order valence-corrected chi connectivity index (χ0v) is 40.1. The average molecular weight is 857 g/mol. The summed E-state index contributed by atoms with van der Waals surface area (Å²) < 4.78 is 17.3. The second-order valence-electron chi connectivity index (χ2n) is 15.9. The Morgan fingerprint density at radius 2 is 0.677 bits per heavy atom. The standard InChI is InChI=1S/C57H92O5/c1-4-7-10-13-16-19-22-25-28-29-31-32-35-38-41-44-47-50-56(58)61-54-55(53-60-52-49-46-43-40-37-34-27-24-21-18-15-12-9-6-3)62-57(59)51-48-45-42-39-36-33-30-26-23-20-17-14-11-8-5-2/h7-12,16-21,25-28,30-32,34,55H,4-6,13-15,22-24,29,33,35-54H2,1-3H3/b10-7-,11-8-,12-9-,19-16-,20-17-,21-18-,28-25-,30-26-,32-31-,34-27-. The van der Waals surface area contributed by atoms with Gasteiger partial charge in [-0.1, -0.05) is 187 Å². The molecular weight excluding hydrogens is 765 g/mol. The smallest absolute Gasteiger partial charge is 0.306 e. The molecule has 0 saturated carbocycles. The van der Waals surface area contributed by atoms with Crippen LogP contribution in [0.3, 0.4) is 0 Å². The van der Waals surface area contributed by atoms with Crippen LogP contribution in [0.25, 0.3) is 0 Å². The molecule has 1 atom stereocenters. The maximum absolute atomic E-state index is 12.8. The molecule has 0 aromatic rings. The number of carbonyl (C=O) groups excluding carboxylic acids is 2. The summed E-state index contributed by atoms with van der Waals surface area (Å²) in [6.45, 7) is 7.38. The minimum absolute atomic E-state index is 0.0482. The Morgan fingerprint density at radius 1 is 0.355 bits per heavy atom. The van der Waals surface area contributed by atoms with Crippen LogP contribution >= 0.6 is 0 Å². The first kappa shape index (κ1) is 58.3. The van der Waals surface area contributed by atoms with Gasteiger partial charge in [-0.25, -0.2) is 0 Å². The molecular formula is C57H92O5. The summed E-state index contributed by atoms with van der Waals surface area (Å²) in [5, 5.41) is 0. The van der Waals surface area contributed by atoms with E-state index in [1.807, 2.05) is 0 Å². The van der Waals surface area contributed by atoms with Gasteiger partial charge in [0.2, 0.25) is 0 Å². The lowest BCUT2D eigenvalue weighted by Gasteiger charge is -2.18. The van der Waals surface area contributed by atoms with Crippen LogP contribution in [0.15, 0.2) is 122 Å². The number of hydrogen-bond acceptors (Lipinski definition) is 5. The van der Waals surface area contributed by atoms with Crippen LogP contribution in [-0.4, -0.2) is 37.9 Å². The van der Waals surface area contributed by atoms with E-state index in [-0.39, 0.29) is 25.2 Å². The van der Waals surface area contributed by atoms with Crippen molar-refractivity contribution < 1.29 is 23.8 Å². The van der Waals surface area contributed by atoms with Gasteiger partial charge in [-0.15, -0.1) is 0 Å². The molecule has 62 heavy (non-hydrogen) atoms. The molecule has 1 unspecified atom stereocenters. The Morgan fingerprint density at radius 3 is 1.08 bits per heavy atom. The van der Waals surface area contributed by atoms with E-state index in [4.69, 9.17) is 14.2 Å². The minimum atomic E-state index is -0.575. The van der Waals surface area contributed by atoms with E-state index in [1.165, 1.54) is 19.3 Å². The lowest BCUT2D eigenvalue weighted by Crippen LogP contribution is -2.30. The third-order valence-corrected chi connectivity index (χ3v) is 9.97. The van der Waals surface area contributed by atoms with Crippen molar-refractivity contribution in [2.45, 2.75) is 207 Å². The fraction of sp³-hybridized carbons (Fsp3) is 0.614. The van der Waals surface area contributed by atoms with Crippen molar-refractivity contribution in [2.75, 3.05) is 19.8 Å². The van der Waals surface area contributed by atoms with Gasteiger partial charge in [-0.2, -0.15) is 0 Å². The van der Waals surface area contributed by atoms with Crippen LogP contribution in [0, 0.1) is 0 Å². The quantitative estimate of drug-likeness (QED) is 0.0347. The van der Waals surface area contributed by atoms with Gasteiger partial charge in [-0.05, 0) is 122 Å². The van der Waals surface area contributed by atoms with Crippen molar-refractivity contribution in [2.24, 2.45) is 0 Å². The molecule has 5 heteroatoms. The second-order valence-corrected chi connectivity index (χ2v) is 15.9. The van der Waals surface area contributed by atoms with Crippen molar-refractivity contribution in [1.29, 1.82) is 0 Å². The van der Waals surface area contributed by atoms with Crippen LogP contribution in [-0.2, 0) is 23.8 Å². The Kier molecular flexibility index (Phi) is 48.6. The van der Waals surface area contributed by atoms with Crippen molar-refractivity contribution in [1.82, 2.24) is 0 Å². The molecule has 0 spiro atoms. The molecule has 0 fully saturated rings. The first-order valence-electron chi connectivity index (χ1n) is 25.1. The highest BCUT2D eigenvalue weighted by Crippen LogP contribution is 2.12. The molecule has 0 aliphatic heterocycles. The predicted octanol–water partition coefficient (Wildman–Crippen LogP) is 17.0. The van der Waals surface area contributed by atoms with Gasteiger partial charge in [0.05, 0.1) is 6.61 Å². The number of rotatable bonds is 44. The Hall–Kier alpha value is -3.70. The zero-order valence-electron chi connectivity index (χ0n) is 40.1. The summed E-state index contributed by atoms with van der Waals surface area (Å²) in [7, 11) is 0. The SMILES string of the molecule is CC/C=C\C/C=C\C/C=C\C/C=C\CCCCCCC(=O)OCC(COCCCCCC/C=C\C/C=C\C/C=C\CC)OC(=O)CCCCCCC/C=C\C/C=C\C/C=C\CC. The van der Waals surface area contributed by atoms with Crippen LogP contribution in [0.4, 0.5) is 0 Å². The van der Waals surface area contributed by atoms with Gasteiger partial charge in [0, 0.05) is 19.4 Å². The summed E-state index contributed by atoms with van der Waals surface area (Å²) >= 11 is 0. The van der Waals surface area contributed by atoms with E-state index in [0.717, 1.165) is 148 Å². The number of unbranched alkanes of at least 4 members (excludes halogenated alkanes) is 13. The van der Waals surface area contributed by atoms with Crippen molar-refractivity contribution in [3.05, 3.63) is 122 Å². The molecule has 0 aromatic heterocycles. The highest BCUT2D eigenvalue weighted by atomic mass is 16.6. The third-order valence-electron chi connectivity index (χ3n) is 9.97. The number of esters is 2. The Balaban J connectivity index is 4.41. The molecule has 0 aliphatic carbocycles. The van der Waals surface area contributed by atoms with Crippen molar-refractivity contribution >= 4 is 11.9 Å². The number of hydrogen-bond donors (Lipinski definition) is 0. The third kappa shape index (κ3) is 49.0. The van der Waals surface area contributed by atoms with Crippen LogP contribution in [0.1, 0.15) is 201 Å². The van der Waals surface area contributed by atoms with Gasteiger partial charge in [0.15, 0.2) is 6.10 Å². The van der Waals surface area contributed by atoms with E-state index in [1.54, 1.807) is 0 Å². The first-order valence-corrected chi connectivity index (χ1v) is 25.1. The molecule has 0 amide bonds. The van der Waals surface area contributed by atoms with Gasteiger partial charge >= 0.3 is 11.9 Å². The average Bonchev–Trinajstić information content (AvgIpc) is 3.27. The molecule has 0 bridgehead atoms. The first-order chi connectivity index (χ1) is 30.6. The maximum atomic E-state index is 12.8. The van der Waals surface area contributed by atoms with E-state index in [0.29, 0.717) is 19.4 Å². The zero-order chi connectivity index (χ0) is 44.9. The maximum Gasteiger partial charge on any atom is 0.306 e. The van der Waals surface area contributed by atoms with Crippen LogP contribution in [0.2, 0.25) is 0 Å². The predicted molar refractivity (Wildman–Crippen MR) is 269 cm³/mol. The molecule has 0 N–H and O–H groups in total. The van der Waals surface area contributed by atoms with Crippen LogP contribution in [0.5, 0.6) is 0 Å². The number of carbonyl (C=O) groups is 2. The molecule has 0 aliphatic rings. The Labute approximate surface area is 382 Å². The summed E-state index contributed by atoms with van der Waals surface area (Å²) in [6.07, 6.45) is 72.0. The van der Waals surface area contributed by atoms with Crippen LogP contribution < -0.4 is 0 Å². The molecule has 0 saturated heterocycles. The summed E-state index contributed by atoms with van der Waals surface area (Å²) in [5.41, 5.74) is 0. The van der Waals surface area contributed by atoms with E-state index >= 15 is 0 Å². The highest BCUT2D eigenvalue weighted by molar-refractivity contribution is 5.70. The molecule has 0 heterocycles. The van der Waals surface area contributed by atoms with Gasteiger partial charge in [0.1, 0.15) is 6.61 Å². The van der Waals surface area contributed by atoms with E-state index in [2.05, 4.69) is 142 Å². The molecule has 0 radical (unpaired) electrons. The van der Waals surface area contributed by atoms with Gasteiger partial charge in [0.25, 0.3) is 0 Å². The summed E-state index contributed by atoms with van der Waals surface area (Å²) in [5.74, 6) is -0.466. The number of ether oxygens (including phenoxy) is 3. The second kappa shape index (κ2) is 51.6. The topological polar surface area (TPSA) is 61.8 Å². The Bertz CT molecular complexity index is 1290. The minimum Gasteiger partial charge on any atom is -0.462 e. The fourth-order valence-electron chi connectivity index (χ4n) is 6.35. The summed E-state index contributed by atoms with van der Waals surface area (Å²) in [4.78, 5) is 25.4. The van der Waals surface area contributed by atoms with E-state index < -0.39 is 6.10 Å². The molecule has 0 rings (SSSR count). The lowest BCUT2D eigenvalue weighted by molar-refractivity contribution is -0.163. The summed E-state index contributed by atoms with van der Waals surface area (Å²) in [6, 6.07) is 0. The van der Waals surface area contributed by atoms with Gasteiger partial charge in [-0.3, -0.25) is 9.59 Å². The molecule has 0 aromatic carbocycles. The molecule has 350 valence electrons. The van der Waals surface area contributed by atoms with Crippen molar-refractivity contribution in [3.8, 4) is 0 Å². The van der Waals surface area contributed by atoms with Crippen molar-refractivity contribution in [3.63, 3.8) is 0 Å². The number of allylic oxidation sites excluding steroid dienone is 20. The molecule has 5 nitrogen and oxygen atoms in total. The fourth-order valence-corrected chi connectivity index (χ4v) is 6.35. The lowest BCUT2D eigenvalue weighted by atomic mass is 10.1. The normalized spacial score (nSPS) is 13.3. The monoisotopic (exact) mass is 857 g/mol. The van der Waals surface area contributed by atoms with Gasteiger partial charge < -0.3 is 14.2 Å².